The standard InChI is InChI=1S/C14H6Cl5N3O5/c15-5-1-2-6(7(3-5)22(25)26)20-8(23)4-27-14(24)12-10(17)9(16)11(18)13(19)21-12/h1-3H,4H2,(H,20,23). The molecule has 0 spiro atoms. The van der Waals surface area contributed by atoms with Crippen LogP contribution in [-0.4, -0.2) is 28.4 Å². The molecule has 13 heteroatoms. The number of amides is 1. The molecule has 1 amide bonds. The number of rotatable bonds is 5. The third-order valence-corrected chi connectivity index (χ3v) is 4.86. The van der Waals surface area contributed by atoms with Gasteiger partial charge in [0.15, 0.2) is 12.3 Å². The van der Waals surface area contributed by atoms with Gasteiger partial charge in [0.2, 0.25) is 0 Å². The third-order valence-electron chi connectivity index (χ3n) is 2.94. The van der Waals surface area contributed by atoms with Crippen molar-refractivity contribution in [1.82, 2.24) is 4.98 Å². The molecule has 0 radical (unpaired) electrons. The summed E-state index contributed by atoms with van der Waals surface area (Å²) in [6, 6.07) is 3.64. The van der Waals surface area contributed by atoms with Gasteiger partial charge in [-0.3, -0.25) is 14.9 Å². The van der Waals surface area contributed by atoms with E-state index in [2.05, 4.69) is 10.3 Å². The van der Waals surface area contributed by atoms with E-state index < -0.39 is 34.8 Å². The molecule has 2 aromatic rings. The van der Waals surface area contributed by atoms with E-state index in [4.69, 9.17) is 62.7 Å². The van der Waals surface area contributed by atoms with E-state index in [1.165, 1.54) is 12.1 Å². The summed E-state index contributed by atoms with van der Waals surface area (Å²) in [5.74, 6) is -1.95. The second-order valence-electron chi connectivity index (χ2n) is 4.74. The van der Waals surface area contributed by atoms with Crippen LogP contribution in [0.25, 0.3) is 0 Å². The molecule has 0 saturated carbocycles. The Hall–Kier alpha value is -1.84. The number of benzene rings is 1. The number of halogens is 5. The van der Waals surface area contributed by atoms with Crippen molar-refractivity contribution in [2.75, 3.05) is 11.9 Å². The molecule has 2 rings (SSSR count). The van der Waals surface area contributed by atoms with Crippen molar-refractivity contribution in [3.63, 3.8) is 0 Å². The first-order valence-corrected chi connectivity index (χ1v) is 8.61. The van der Waals surface area contributed by atoms with Crippen molar-refractivity contribution in [2.45, 2.75) is 0 Å². The van der Waals surface area contributed by atoms with Crippen LogP contribution in [-0.2, 0) is 9.53 Å². The van der Waals surface area contributed by atoms with Crippen LogP contribution in [0.1, 0.15) is 10.5 Å². The Kier molecular flexibility index (Phi) is 7.07. The quantitative estimate of drug-likeness (QED) is 0.281. The van der Waals surface area contributed by atoms with E-state index in [9.17, 15) is 19.7 Å². The number of anilines is 1. The Morgan fingerprint density at radius 1 is 1.11 bits per heavy atom. The Morgan fingerprint density at radius 3 is 2.41 bits per heavy atom. The van der Waals surface area contributed by atoms with Crippen molar-refractivity contribution in [2.24, 2.45) is 0 Å². The van der Waals surface area contributed by atoms with E-state index in [-0.39, 0.29) is 30.9 Å². The fourth-order valence-corrected chi connectivity index (χ4v) is 2.74. The number of nitrogens with one attached hydrogen (secondary N) is 1. The maximum Gasteiger partial charge on any atom is 0.359 e. The highest BCUT2D eigenvalue weighted by Crippen LogP contribution is 2.36. The molecule has 0 aliphatic heterocycles. The summed E-state index contributed by atoms with van der Waals surface area (Å²) in [6.07, 6.45) is 0. The lowest BCUT2D eigenvalue weighted by Crippen LogP contribution is -2.22. The summed E-state index contributed by atoms with van der Waals surface area (Å²) < 4.78 is 4.76. The Morgan fingerprint density at radius 2 is 1.78 bits per heavy atom. The summed E-state index contributed by atoms with van der Waals surface area (Å²) >= 11 is 28.8. The fraction of sp³-hybridized carbons (Fsp3) is 0.0714. The van der Waals surface area contributed by atoms with Crippen LogP contribution in [0.2, 0.25) is 25.2 Å². The zero-order valence-electron chi connectivity index (χ0n) is 12.8. The summed E-state index contributed by atoms with van der Waals surface area (Å²) in [5.41, 5.74) is -0.997. The van der Waals surface area contributed by atoms with E-state index in [1.54, 1.807) is 0 Å². The van der Waals surface area contributed by atoms with Crippen LogP contribution in [0.3, 0.4) is 0 Å². The van der Waals surface area contributed by atoms with Crippen LogP contribution in [0.15, 0.2) is 18.2 Å². The minimum Gasteiger partial charge on any atom is -0.451 e. The maximum absolute atomic E-state index is 12.0. The maximum atomic E-state index is 12.0. The number of pyridine rings is 1. The minimum atomic E-state index is -1.10. The predicted octanol–water partition coefficient (Wildman–Crippen LogP) is 5.05. The lowest BCUT2D eigenvalue weighted by Gasteiger charge is -2.09. The number of aromatic nitrogens is 1. The SMILES string of the molecule is O=C(COC(=O)c1nc(Cl)c(Cl)c(Cl)c1Cl)Nc1ccc(Cl)cc1[N+](=O)[O-]. The van der Waals surface area contributed by atoms with Crippen molar-refractivity contribution in [1.29, 1.82) is 0 Å². The van der Waals surface area contributed by atoms with Gasteiger partial charge < -0.3 is 10.1 Å². The molecule has 0 bridgehead atoms. The number of nitro benzene ring substituents is 1. The molecule has 27 heavy (non-hydrogen) atoms. The zero-order valence-corrected chi connectivity index (χ0v) is 16.5. The fourth-order valence-electron chi connectivity index (χ4n) is 1.77. The molecular formula is C14H6Cl5N3O5. The van der Waals surface area contributed by atoms with Crippen molar-refractivity contribution in [3.05, 3.63) is 59.3 Å². The van der Waals surface area contributed by atoms with E-state index >= 15 is 0 Å². The molecule has 1 aromatic heterocycles. The normalized spacial score (nSPS) is 10.4. The van der Waals surface area contributed by atoms with Gasteiger partial charge >= 0.3 is 5.97 Å². The first-order chi connectivity index (χ1) is 12.6. The summed E-state index contributed by atoms with van der Waals surface area (Å²) in [5, 5.41) is 12.4. The third kappa shape index (κ3) is 5.12. The van der Waals surface area contributed by atoms with Gasteiger partial charge in [-0.1, -0.05) is 58.0 Å². The number of ether oxygens (including phenoxy) is 1. The Balaban J connectivity index is 2.09. The van der Waals surface area contributed by atoms with Crippen LogP contribution >= 0.6 is 58.0 Å². The van der Waals surface area contributed by atoms with Gasteiger partial charge in [-0.05, 0) is 12.1 Å². The van der Waals surface area contributed by atoms with Crippen LogP contribution in [0.5, 0.6) is 0 Å². The van der Waals surface area contributed by atoms with Gasteiger partial charge in [0.05, 0.1) is 20.0 Å². The molecule has 1 N–H and O–H groups in total. The molecular weight excluding hydrogens is 467 g/mol. The smallest absolute Gasteiger partial charge is 0.359 e. The number of hydrogen-bond acceptors (Lipinski definition) is 6. The number of nitro groups is 1. The lowest BCUT2D eigenvalue weighted by atomic mass is 10.2. The summed E-state index contributed by atoms with van der Waals surface area (Å²) in [6.45, 7) is -0.783. The topological polar surface area (TPSA) is 111 Å². The summed E-state index contributed by atoms with van der Waals surface area (Å²) in [7, 11) is 0. The molecule has 0 unspecified atom stereocenters. The number of esters is 1. The largest absolute Gasteiger partial charge is 0.451 e. The first-order valence-electron chi connectivity index (χ1n) is 6.72. The van der Waals surface area contributed by atoms with Crippen LogP contribution in [0.4, 0.5) is 11.4 Å². The van der Waals surface area contributed by atoms with Crippen molar-refractivity contribution in [3.8, 4) is 0 Å². The number of carbonyl (C=O) groups excluding carboxylic acids is 2. The summed E-state index contributed by atoms with van der Waals surface area (Å²) in [4.78, 5) is 37.8. The predicted molar refractivity (Wildman–Crippen MR) is 101 cm³/mol. The molecule has 1 aromatic carbocycles. The van der Waals surface area contributed by atoms with Gasteiger partial charge in [0.1, 0.15) is 10.8 Å². The molecule has 1 heterocycles. The molecule has 0 saturated heterocycles. The Bertz CT molecular complexity index is 953. The highest BCUT2D eigenvalue weighted by atomic mass is 35.5. The second-order valence-corrected chi connectivity index (χ2v) is 6.66. The molecule has 142 valence electrons. The zero-order chi connectivity index (χ0) is 20.3. The lowest BCUT2D eigenvalue weighted by molar-refractivity contribution is -0.383. The molecule has 0 aliphatic rings. The van der Waals surface area contributed by atoms with E-state index in [0.29, 0.717) is 0 Å². The van der Waals surface area contributed by atoms with Gasteiger partial charge in [0, 0.05) is 11.1 Å². The molecule has 0 aliphatic carbocycles. The van der Waals surface area contributed by atoms with Crippen molar-refractivity contribution < 1.29 is 19.2 Å². The number of nitrogens with zero attached hydrogens (tertiary/aromatic N) is 2. The highest BCUT2D eigenvalue weighted by Gasteiger charge is 2.23. The van der Waals surface area contributed by atoms with E-state index in [1.807, 2.05) is 0 Å². The minimum absolute atomic E-state index is 0.114. The Labute approximate surface area is 176 Å². The average Bonchev–Trinajstić information content (AvgIpc) is 2.62. The van der Waals surface area contributed by atoms with E-state index in [0.717, 1.165) is 6.07 Å². The van der Waals surface area contributed by atoms with Gasteiger partial charge in [-0.2, -0.15) is 0 Å². The number of hydrogen-bond donors (Lipinski definition) is 1. The average molecular weight is 473 g/mol. The molecule has 0 atom stereocenters. The van der Waals surface area contributed by atoms with Gasteiger partial charge in [-0.25, -0.2) is 9.78 Å². The molecule has 8 nitrogen and oxygen atoms in total. The number of carbonyl (C=O) groups is 2. The second kappa shape index (κ2) is 8.90. The molecule has 0 fully saturated rings. The van der Waals surface area contributed by atoms with Crippen LogP contribution in [0, 0.1) is 10.1 Å². The van der Waals surface area contributed by atoms with Crippen molar-refractivity contribution >= 4 is 81.3 Å². The monoisotopic (exact) mass is 471 g/mol. The van der Waals surface area contributed by atoms with Crippen LogP contribution < -0.4 is 5.32 Å². The van der Waals surface area contributed by atoms with Gasteiger partial charge in [0.25, 0.3) is 11.6 Å². The highest BCUT2D eigenvalue weighted by molar-refractivity contribution is 6.52. The van der Waals surface area contributed by atoms with Gasteiger partial charge in [-0.15, -0.1) is 0 Å². The first kappa shape index (κ1) is 21.5.